The van der Waals surface area contributed by atoms with E-state index >= 15 is 0 Å². The fourth-order valence-electron chi connectivity index (χ4n) is 2.64. The Morgan fingerprint density at radius 3 is 2.83 bits per heavy atom. The molecule has 9 heteroatoms. The fourth-order valence-corrected chi connectivity index (χ4v) is 5.30. The first-order chi connectivity index (χ1) is 11.4. The molecule has 2 rings (SSSR count). The van der Waals surface area contributed by atoms with E-state index in [1.54, 1.807) is 31.4 Å². The first kappa shape index (κ1) is 18.9. The van der Waals surface area contributed by atoms with Gasteiger partial charge in [-0.25, -0.2) is 8.42 Å². The highest BCUT2D eigenvalue weighted by atomic mass is 32.2. The molecule has 0 spiro atoms. The van der Waals surface area contributed by atoms with Crippen molar-refractivity contribution in [1.82, 2.24) is 14.9 Å². The molecule has 1 aliphatic heterocycles. The van der Waals surface area contributed by atoms with Gasteiger partial charge in [0, 0.05) is 19.6 Å². The third kappa shape index (κ3) is 4.34. The summed E-state index contributed by atoms with van der Waals surface area (Å²) in [4.78, 5) is 24.1. The smallest absolute Gasteiger partial charge is 0.252 e. The van der Waals surface area contributed by atoms with E-state index in [9.17, 15) is 18.0 Å². The summed E-state index contributed by atoms with van der Waals surface area (Å²) >= 11 is 1.17. The number of carbonyl (C=O) groups is 2. The Kier molecular flexibility index (Phi) is 6.36. The maximum atomic E-state index is 12.6. The number of nitrogens with one attached hydrogen (secondary N) is 2. The minimum Gasteiger partial charge on any atom is -0.355 e. The van der Waals surface area contributed by atoms with Gasteiger partial charge in [-0.05, 0) is 38.1 Å². The van der Waals surface area contributed by atoms with E-state index in [1.807, 2.05) is 0 Å². The third-order valence-corrected chi connectivity index (χ3v) is 7.19. The second-order valence-electron chi connectivity index (χ2n) is 5.76. The molecular weight excluding hydrogens is 350 g/mol. The van der Waals surface area contributed by atoms with Crippen molar-refractivity contribution in [2.24, 2.45) is 5.92 Å². The number of hydrogen-bond donors (Lipinski definition) is 2. The van der Waals surface area contributed by atoms with Crippen LogP contribution < -0.4 is 10.6 Å². The summed E-state index contributed by atoms with van der Waals surface area (Å²) in [6.45, 7) is 4.48. The standard InChI is InChI=1S/C15H23N3O4S2/c1-3-16-14(19)11(2)17-15(20)12-6-4-8-18(10-12)24(21,22)13-7-5-9-23-13/h5,7,9,11-12H,3-4,6,8,10H2,1-2H3,(H,16,19)(H,17,20)/t11-,12-/m0/s1. The lowest BCUT2D eigenvalue weighted by molar-refractivity contribution is -0.131. The van der Waals surface area contributed by atoms with Gasteiger partial charge >= 0.3 is 0 Å². The molecule has 1 fully saturated rings. The van der Waals surface area contributed by atoms with Gasteiger partial charge in [0.05, 0.1) is 5.92 Å². The van der Waals surface area contributed by atoms with Gasteiger partial charge in [0.2, 0.25) is 11.8 Å². The van der Waals surface area contributed by atoms with Crippen LogP contribution >= 0.6 is 11.3 Å². The summed E-state index contributed by atoms with van der Waals surface area (Å²) in [6.07, 6.45) is 1.24. The number of likely N-dealkylation sites (N-methyl/N-ethyl adjacent to an activating group) is 1. The number of carbonyl (C=O) groups excluding carboxylic acids is 2. The molecule has 0 aromatic carbocycles. The van der Waals surface area contributed by atoms with Crippen LogP contribution in [0.5, 0.6) is 0 Å². The molecule has 134 valence electrons. The van der Waals surface area contributed by atoms with E-state index < -0.39 is 22.0 Å². The topological polar surface area (TPSA) is 95.6 Å². The van der Waals surface area contributed by atoms with Crippen molar-refractivity contribution in [2.45, 2.75) is 36.9 Å². The molecule has 0 saturated carbocycles. The molecule has 7 nitrogen and oxygen atoms in total. The average molecular weight is 374 g/mol. The van der Waals surface area contributed by atoms with Crippen LogP contribution in [0.3, 0.4) is 0 Å². The molecule has 1 aliphatic rings. The molecule has 0 bridgehead atoms. The molecule has 2 N–H and O–H groups in total. The SMILES string of the molecule is CCNC(=O)[C@H](C)NC(=O)[C@H]1CCCN(S(=O)(=O)c2cccs2)C1. The van der Waals surface area contributed by atoms with Crippen molar-refractivity contribution in [1.29, 1.82) is 0 Å². The van der Waals surface area contributed by atoms with Gasteiger partial charge in [-0.3, -0.25) is 9.59 Å². The zero-order valence-corrected chi connectivity index (χ0v) is 15.5. The molecule has 0 unspecified atom stereocenters. The number of piperidine rings is 1. The fraction of sp³-hybridized carbons (Fsp3) is 0.600. The van der Waals surface area contributed by atoms with Crippen LogP contribution in [-0.4, -0.2) is 50.2 Å². The Bertz CT molecular complexity index is 673. The van der Waals surface area contributed by atoms with E-state index in [4.69, 9.17) is 0 Å². The molecule has 0 aliphatic carbocycles. The zero-order chi connectivity index (χ0) is 17.7. The van der Waals surface area contributed by atoms with Gasteiger partial charge in [0.15, 0.2) is 0 Å². The predicted molar refractivity (Wildman–Crippen MR) is 92.1 cm³/mol. The maximum absolute atomic E-state index is 12.6. The van der Waals surface area contributed by atoms with Crippen LogP contribution in [0.15, 0.2) is 21.7 Å². The van der Waals surface area contributed by atoms with Crippen molar-refractivity contribution in [3.63, 3.8) is 0 Å². The minimum absolute atomic E-state index is 0.147. The summed E-state index contributed by atoms with van der Waals surface area (Å²) in [5.41, 5.74) is 0. The first-order valence-corrected chi connectivity index (χ1v) is 10.3. The Morgan fingerprint density at radius 2 is 2.21 bits per heavy atom. The van der Waals surface area contributed by atoms with Gasteiger partial charge in [0.25, 0.3) is 10.0 Å². The number of hydrogen-bond acceptors (Lipinski definition) is 5. The Morgan fingerprint density at radius 1 is 1.46 bits per heavy atom. The van der Waals surface area contributed by atoms with Crippen LogP contribution in [0.4, 0.5) is 0 Å². The molecule has 2 heterocycles. The molecule has 0 radical (unpaired) electrons. The van der Waals surface area contributed by atoms with Crippen molar-refractivity contribution >= 4 is 33.2 Å². The van der Waals surface area contributed by atoms with E-state index in [2.05, 4.69) is 10.6 Å². The van der Waals surface area contributed by atoms with Crippen molar-refractivity contribution in [3.05, 3.63) is 17.5 Å². The monoisotopic (exact) mass is 373 g/mol. The van der Waals surface area contributed by atoms with Gasteiger partial charge in [-0.2, -0.15) is 4.31 Å². The van der Waals surface area contributed by atoms with Crippen LogP contribution in [0, 0.1) is 5.92 Å². The largest absolute Gasteiger partial charge is 0.355 e. The molecule has 24 heavy (non-hydrogen) atoms. The average Bonchev–Trinajstić information content (AvgIpc) is 3.10. The summed E-state index contributed by atoms with van der Waals surface area (Å²) in [5.74, 6) is -0.963. The highest BCUT2D eigenvalue weighted by Crippen LogP contribution is 2.26. The summed E-state index contributed by atoms with van der Waals surface area (Å²) in [7, 11) is -3.55. The molecular formula is C15H23N3O4S2. The van der Waals surface area contributed by atoms with E-state index in [-0.39, 0.29) is 18.4 Å². The number of rotatable bonds is 6. The minimum atomic E-state index is -3.55. The number of sulfonamides is 1. The molecule has 1 aromatic rings. The predicted octanol–water partition coefficient (Wildman–Crippen LogP) is 0.790. The highest BCUT2D eigenvalue weighted by Gasteiger charge is 2.34. The van der Waals surface area contributed by atoms with E-state index in [0.717, 1.165) is 0 Å². The Balaban J connectivity index is 2.00. The van der Waals surface area contributed by atoms with Gasteiger partial charge in [-0.1, -0.05) is 6.07 Å². The van der Waals surface area contributed by atoms with Crippen molar-refractivity contribution in [2.75, 3.05) is 19.6 Å². The van der Waals surface area contributed by atoms with E-state index in [1.165, 1.54) is 15.6 Å². The maximum Gasteiger partial charge on any atom is 0.252 e. The van der Waals surface area contributed by atoms with Crippen LogP contribution in [0.2, 0.25) is 0 Å². The summed E-state index contributed by atoms with van der Waals surface area (Å²) in [5, 5.41) is 7.03. The second kappa shape index (κ2) is 8.09. The van der Waals surface area contributed by atoms with Crippen LogP contribution in [0.1, 0.15) is 26.7 Å². The zero-order valence-electron chi connectivity index (χ0n) is 13.8. The normalized spacial score (nSPS) is 20.3. The molecule has 2 atom stereocenters. The molecule has 2 amide bonds. The molecule has 1 aromatic heterocycles. The van der Waals surface area contributed by atoms with Gasteiger partial charge < -0.3 is 10.6 Å². The summed E-state index contributed by atoms with van der Waals surface area (Å²) in [6, 6.07) is 2.63. The lowest BCUT2D eigenvalue weighted by atomic mass is 9.98. The van der Waals surface area contributed by atoms with Crippen molar-refractivity contribution < 1.29 is 18.0 Å². The first-order valence-electron chi connectivity index (χ1n) is 7.98. The van der Waals surface area contributed by atoms with E-state index in [0.29, 0.717) is 30.1 Å². The van der Waals surface area contributed by atoms with Crippen molar-refractivity contribution in [3.8, 4) is 0 Å². The lowest BCUT2D eigenvalue weighted by Crippen LogP contribution is -2.50. The van der Waals surface area contributed by atoms with Gasteiger partial charge in [-0.15, -0.1) is 11.3 Å². The van der Waals surface area contributed by atoms with Gasteiger partial charge in [0.1, 0.15) is 10.3 Å². The highest BCUT2D eigenvalue weighted by molar-refractivity contribution is 7.91. The Labute approximate surface area is 146 Å². The number of nitrogens with zero attached hydrogens (tertiary/aromatic N) is 1. The van der Waals surface area contributed by atoms with Crippen LogP contribution in [-0.2, 0) is 19.6 Å². The second-order valence-corrected chi connectivity index (χ2v) is 8.87. The number of amides is 2. The lowest BCUT2D eigenvalue weighted by Gasteiger charge is -2.31. The summed E-state index contributed by atoms with van der Waals surface area (Å²) < 4.78 is 26.8. The number of thiophene rings is 1. The quantitative estimate of drug-likeness (QED) is 0.771. The molecule has 1 saturated heterocycles. The Hall–Kier alpha value is -1.45. The third-order valence-electron chi connectivity index (χ3n) is 3.95. The van der Waals surface area contributed by atoms with Crippen LogP contribution in [0.25, 0.3) is 0 Å².